The van der Waals surface area contributed by atoms with Gasteiger partial charge in [0.2, 0.25) is 11.8 Å². The molecule has 1 aromatic rings. The fourth-order valence-electron chi connectivity index (χ4n) is 1.85. The fraction of sp³-hybridized carbons (Fsp3) is 0.429. The molecule has 2 amide bonds. The molecule has 0 aliphatic heterocycles. The Labute approximate surface area is 107 Å². The lowest BCUT2D eigenvalue weighted by Gasteiger charge is -2.11. The molecule has 0 heterocycles. The molecule has 1 aliphatic carbocycles. The van der Waals surface area contributed by atoms with E-state index in [1.165, 1.54) is 0 Å². The molecule has 2 rings (SSSR count). The Kier molecular flexibility index (Phi) is 3.65. The summed E-state index contributed by atoms with van der Waals surface area (Å²) in [7, 11) is 0. The van der Waals surface area contributed by atoms with Crippen LogP contribution in [0, 0.1) is 19.8 Å². The Hall–Kier alpha value is -1.84. The summed E-state index contributed by atoms with van der Waals surface area (Å²) >= 11 is 0. The number of carbonyl (C=O) groups is 2. The largest absolute Gasteiger partial charge is 0.347 e. The summed E-state index contributed by atoms with van der Waals surface area (Å²) < 4.78 is 0. The maximum absolute atomic E-state index is 11.7. The number of anilines is 1. The normalized spacial score (nSPS) is 14.1. The number of carbonyl (C=O) groups excluding carboxylic acids is 2. The van der Waals surface area contributed by atoms with Crippen molar-refractivity contribution < 1.29 is 9.59 Å². The number of para-hydroxylation sites is 1. The van der Waals surface area contributed by atoms with E-state index in [-0.39, 0.29) is 24.3 Å². The maximum atomic E-state index is 11.7. The van der Waals surface area contributed by atoms with E-state index in [4.69, 9.17) is 0 Å². The van der Waals surface area contributed by atoms with E-state index in [9.17, 15) is 9.59 Å². The van der Waals surface area contributed by atoms with Crippen molar-refractivity contribution in [3.05, 3.63) is 29.3 Å². The van der Waals surface area contributed by atoms with Gasteiger partial charge < -0.3 is 10.6 Å². The second-order valence-corrected chi connectivity index (χ2v) is 4.81. The van der Waals surface area contributed by atoms with Gasteiger partial charge in [0, 0.05) is 11.6 Å². The van der Waals surface area contributed by atoms with Crippen molar-refractivity contribution in [1.29, 1.82) is 0 Å². The molecule has 96 valence electrons. The molecule has 1 fully saturated rings. The monoisotopic (exact) mass is 246 g/mol. The number of benzene rings is 1. The summed E-state index contributed by atoms with van der Waals surface area (Å²) in [5, 5.41) is 5.49. The van der Waals surface area contributed by atoms with Gasteiger partial charge in [0.15, 0.2) is 0 Å². The van der Waals surface area contributed by atoms with Crippen LogP contribution in [0.2, 0.25) is 0 Å². The minimum Gasteiger partial charge on any atom is -0.347 e. The number of rotatable bonds is 4. The molecule has 0 saturated heterocycles. The van der Waals surface area contributed by atoms with Crippen LogP contribution in [0.15, 0.2) is 18.2 Å². The predicted octanol–water partition coefficient (Wildman–Crippen LogP) is 1.77. The Morgan fingerprint density at radius 2 is 1.83 bits per heavy atom. The highest BCUT2D eigenvalue weighted by Gasteiger charge is 2.29. The van der Waals surface area contributed by atoms with Crippen molar-refractivity contribution in [3.8, 4) is 0 Å². The Balaban J connectivity index is 1.88. The van der Waals surface area contributed by atoms with Crippen LogP contribution in [0.5, 0.6) is 0 Å². The fourth-order valence-corrected chi connectivity index (χ4v) is 1.85. The molecule has 4 heteroatoms. The summed E-state index contributed by atoms with van der Waals surface area (Å²) in [6.45, 7) is 3.94. The van der Waals surface area contributed by atoms with Crippen LogP contribution < -0.4 is 10.6 Å². The van der Waals surface area contributed by atoms with Crippen LogP contribution in [0.25, 0.3) is 0 Å². The third-order valence-electron chi connectivity index (χ3n) is 3.12. The average Bonchev–Trinajstić information content (AvgIpc) is 3.15. The highest BCUT2D eigenvalue weighted by molar-refractivity contribution is 5.96. The van der Waals surface area contributed by atoms with E-state index >= 15 is 0 Å². The second kappa shape index (κ2) is 5.21. The van der Waals surface area contributed by atoms with E-state index < -0.39 is 0 Å². The van der Waals surface area contributed by atoms with Gasteiger partial charge >= 0.3 is 0 Å². The van der Waals surface area contributed by atoms with E-state index in [2.05, 4.69) is 10.6 Å². The van der Waals surface area contributed by atoms with Crippen molar-refractivity contribution >= 4 is 17.5 Å². The molecule has 1 aliphatic rings. The highest BCUT2D eigenvalue weighted by Crippen LogP contribution is 2.28. The summed E-state index contributed by atoms with van der Waals surface area (Å²) in [4.78, 5) is 23.1. The molecule has 2 N–H and O–H groups in total. The molecule has 1 aromatic carbocycles. The van der Waals surface area contributed by atoms with Gasteiger partial charge in [-0.1, -0.05) is 18.2 Å². The zero-order chi connectivity index (χ0) is 13.1. The quantitative estimate of drug-likeness (QED) is 0.850. The third-order valence-corrected chi connectivity index (χ3v) is 3.12. The minimum atomic E-state index is -0.179. The first-order valence-corrected chi connectivity index (χ1v) is 6.21. The van der Waals surface area contributed by atoms with Crippen LogP contribution in [-0.4, -0.2) is 18.4 Å². The number of hydrogen-bond acceptors (Lipinski definition) is 2. The van der Waals surface area contributed by atoms with Crippen molar-refractivity contribution in [1.82, 2.24) is 5.32 Å². The summed E-state index contributed by atoms with van der Waals surface area (Å²) in [6, 6.07) is 5.85. The van der Waals surface area contributed by atoms with Crippen molar-refractivity contribution in [3.63, 3.8) is 0 Å². The minimum absolute atomic E-state index is 0.00773. The molecule has 0 radical (unpaired) electrons. The molecular formula is C14H18N2O2. The van der Waals surface area contributed by atoms with Crippen molar-refractivity contribution in [2.24, 2.45) is 5.92 Å². The first-order valence-electron chi connectivity index (χ1n) is 6.21. The van der Waals surface area contributed by atoms with Crippen molar-refractivity contribution in [2.45, 2.75) is 26.7 Å². The van der Waals surface area contributed by atoms with Crippen LogP contribution >= 0.6 is 0 Å². The average molecular weight is 246 g/mol. The summed E-state index contributed by atoms with van der Waals surface area (Å²) in [6.07, 6.45) is 1.90. The van der Waals surface area contributed by atoms with Gasteiger partial charge in [-0.15, -0.1) is 0 Å². The van der Waals surface area contributed by atoms with Crippen molar-refractivity contribution in [2.75, 3.05) is 11.9 Å². The molecule has 0 bridgehead atoms. The lowest BCUT2D eigenvalue weighted by Crippen LogP contribution is -2.33. The van der Waals surface area contributed by atoms with E-state index in [1.807, 2.05) is 32.0 Å². The Morgan fingerprint density at radius 1 is 1.22 bits per heavy atom. The third kappa shape index (κ3) is 3.09. The summed E-state index contributed by atoms with van der Waals surface area (Å²) in [5.74, 6) is -0.0500. The Bertz CT molecular complexity index is 458. The van der Waals surface area contributed by atoms with Crippen LogP contribution in [0.3, 0.4) is 0 Å². The lowest BCUT2D eigenvalue weighted by molar-refractivity contribution is -0.125. The van der Waals surface area contributed by atoms with Gasteiger partial charge in [0.1, 0.15) is 0 Å². The van der Waals surface area contributed by atoms with Gasteiger partial charge in [0.05, 0.1) is 6.54 Å². The zero-order valence-electron chi connectivity index (χ0n) is 10.7. The van der Waals surface area contributed by atoms with Crippen LogP contribution in [0.4, 0.5) is 5.69 Å². The van der Waals surface area contributed by atoms with Crippen LogP contribution in [-0.2, 0) is 9.59 Å². The molecule has 1 saturated carbocycles. The number of hydrogen-bond donors (Lipinski definition) is 2. The number of amides is 2. The number of aryl methyl sites for hydroxylation is 2. The van der Waals surface area contributed by atoms with E-state index in [0.717, 1.165) is 29.7 Å². The molecule has 4 nitrogen and oxygen atoms in total. The topological polar surface area (TPSA) is 58.2 Å². The molecule has 0 unspecified atom stereocenters. The lowest BCUT2D eigenvalue weighted by atomic mass is 10.1. The molecular weight excluding hydrogens is 228 g/mol. The van der Waals surface area contributed by atoms with Gasteiger partial charge in [-0.3, -0.25) is 9.59 Å². The standard InChI is InChI=1S/C14H18N2O2/c1-9-4-3-5-10(2)13(9)16-12(17)8-15-14(18)11-6-7-11/h3-5,11H,6-8H2,1-2H3,(H,15,18)(H,16,17). The molecule has 0 atom stereocenters. The SMILES string of the molecule is Cc1cccc(C)c1NC(=O)CNC(=O)C1CC1. The highest BCUT2D eigenvalue weighted by atomic mass is 16.2. The molecule has 18 heavy (non-hydrogen) atoms. The number of nitrogens with one attached hydrogen (secondary N) is 2. The van der Waals surface area contributed by atoms with E-state index in [1.54, 1.807) is 0 Å². The molecule has 0 aromatic heterocycles. The first kappa shape index (κ1) is 12.6. The van der Waals surface area contributed by atoms with Gasteiger partial charge in [-0.2, -0.15) is 0 Å². The van der Waals surface area contributed by atoms with Gasteiger partial charge in [0.25, 0.3) is 0 Å². The molecule has 0 spiro atoms. The predicted molar refractivity (Wildman–Crippen MR) is 70.3 cm³/mol. The van der Waals surface area contributed by atoms with Gasteiger partial charge in [-0.25, -0.2) is 0 Å². The Morgan fingerprint density at radius 3 is 2.39 bits per heavy atom. The summed E-state index contributed by atoms with van der Waals surface area (Å²) in [5.41, 5.74) is 2.89. The van der Waals surface area contributed by atoms with Crippen LogP contribution in [0.1, 0.15) is 24.0 Å². The maximum Gasteiger partial charge on any atom is 0.243 e. The second-order valence-electron chi connectivity index (χ2n) is 4.81. The van der Waals surface area contributed by atoms with E-state index in [0.29, 0.717) is 0 Å². The van der Waals surface area contributed by atoms with Gasteiger partial charge in [-0.05, 0) is 37.8 Å². The zero-order valence-corrected chi connectivity index (χ0v) is 10.7. The smallest absolute Gasteiger partial charge is 0.243 e. The first-order chi connectivity index (χ1) is 8.58.